The lowest BCUT2D eigenvalue weighted by Crippen LogP contribution is -2.69. The summed E-state index contributed by atoms with van der Waals surface area (Å²) in [7, 11) is 4.26. The number of unbranched alkanes of at least 4 members (excludes halogenated alkanes) is 3. The van der Waals surface area contributed by atoms with Gasteiger partial charge in [-0.05, 0) is 207 Å². The van der Waals surface area contributed by atoms with E-state index in [1.807, 2.05) is 30.3 Å². The van der Waals surface area contributed by atoms with E-state index in [2.05, 4.69) is 150 Å². The molecule has 15 nitrogen and oxygen atoms in total. The summed E-state index contributed by atoms with van der Waals surface area (Å²) in [5, 5.41) is 24.2. The quantitative estimate of drug-likeness (QED) is 0.0551. The summed E-state index contributed by atoms with van der Waals surface area (Å²) in [5.41, 5.74) is 8.57. The third kappa shape index (κ3) is 11.2. The number of carboxylic acid groups (broad SMARTS) is 1. The molecule has 6 saturated carbocycles. The largest absolute Gasteiger partial charge is 0.481 e. The molecule has 1 aromatic carbocycles. The van der Waals surface area contributed by atoms with Gasteiger partial charge in [0.1, 0.15) is 25.5 Å². The Labute approximate surface area is 565 Å². The molecule has 0 unspecified atom stereocenters. The lowest BCUT2D eigenvalue weighted by molar-refractivity contribution is -0.251. The number of allylic oxidation sites excluding steroid dienone is 2. The molecular weight excluding hydrogens is 1180 g/mol. The summed E-state index contributed by atoms with van der Waals surface area (Å²) in [5.74, 6) is 2.53. The average Bonchev–Trinajstić information content (AvgIpc) is 0.947. The number of carboxylic acids is 1. The smallest absolute Gasteiger partial charge is 0.310 e. The molecule has 2 aliphatic heterocycles. The molecule has 8 fully saturated rings. The molecule has 15 heteroatoms. The van der Waals surface area contributed by atoms with E-state index in [0.717, 1.165) is 115 Å². The van der Waals surface area contributed by atoms with Crippen molar-refractivity contribution in [1.29, 1.82) is 0 Å². The zero-order valence-electron chi connectivity index (χ0n) is 61.2. The molecule has 1 aromatic heterocycles. The maximum absolute atomic E-state index is 14.6. The van der Waals surface area contributed by atoms with Crippen LogP contribution >= 0.6 is 0 Å². The molecule has 2 saturated heterocycles. The number of carbonyl (C=O) groups is 3. The van der Waals surface area contributed by atoms with Crippen molar-refractivity contribution in [2.45, 2.75) is 231 Å². The Kier molecular flexibility index (Phi) is 19.9. The maximum atomic E-state index is 14.6. The number of esters is 1. The Balaban J connectivity index is 0.000000192. The number of aliphatic carboxylic acids is 1. The molecule has 3 N–H and O–H groups in total. The summed E-state index contributed by atoms with van der Waals surface area (Å²) in [4.78, 5) is 43.3. The number of hydrogen-bond acceptors (Lipinski definition) is 13. The second kappa shape index (κ2) is 26.3. The number of ether oxygens (including phenoxy) is 5. The number of aromatic nitrogens is 4. The number of hydrogen-bond donors (Lipinski definition) is 2. The van der Waals surface area contributed by atoms with Gasteiger partial charge in [-0.1, -0.05) is 175 Å². The van der Waals surface area contributed by atoms with E-state index >= 15 is 0 Å². The molecule has 4 bridgehead atoms. The van der Waals surface area contributed by atoms with E-state index in [-0.39, 0.29) is 96.8 Å². The van der Waals surface area contributed by atoms with E-state index in [9.17, 15) is 19.5 Å². The molecule has 12 rings (SSSR count). The summed E-state index contributed by atoms with van der Waals surface area (Å²) < 4.78 is 32.7. The van der Waals surface area contributed by atoms with Gasteiger partial charge in [-0.25, -0.2) is 0 Å². The monoisotopic (exact) mass is 1300 g/mol. The van der Waals surface area contributed by atoms with Gasteiger partial charge in [0.2, 0.25) is 0 Å². The fourth-order valence-electron chi connectivity index (χ4n) is 24.9. The van der Waals surface area contributed by atoms with Crippen molar-refractivity contribution >= 4 is 24.2 Å². The Morgan fingerprint density at radius 3 is 1.74 bits per heavy atom. The summed E-state index contributed by atoms with van der Waals surface area (Å²) in [6.07, 6.45) is 22.6. The number of benzene rings is 1. The van der Waals surface area contributed by atoms with Crippen molar-refractivity contribution in [3.8, 4) is 0 Å². The number of rotatable bonds is 20. The fraction of sp³-hybridized carbons (Fsp3) is 0.823. The predicted molar refractivity (Wildman–Crippen MR) is 369 cm³/mol. The summed E-state index contributed by atoms with van der Waals surface area (Å²) >= 11 is 0. The maximum Gasteiger partial charge on any atom is 0.310 e. The van der Waals surface area contributed by atoms with E-state index in [4.69, 9.17) is 29.4 Å². The highest BCUT2D eigenvalue weighted by Crippen LogP contribution is 2.78. The van der Waals surface area contributed by atoms with Gasteiger partial charge < -0.3 is 44.2 Å². The number of carbonyl (C=O) groups excluding carboxylic acids is 2. The summed E-state index contributed by atoms with van der Waals surface area (Å²) in [6.45, 7) is 40.4. The van der Waals surface area contributed by atoms with Crippen LogP contribution in [0, 0.1) is 119 Å². The first-order valence-electron chi connectivity index (χ1n) is 37.2. The van der Waals surface area contributed by atoms with Crippen molar-refractivity contribution in [1.82, 2.24) is 25.1 Å². The minimum absolute atomic E-state index is 0.00397. The van der Waals surface area contributed by atoms with Gasteiger partial charge >= 0.3 is 11.9 Å². The first kappa shape index (κ1) is 71.3. The third-order valence-corrected chi connectivity index (χ3v) is 30.6. The van der Waals surface area contributed by atoms with Crippen LogP contribution < -0.4 is 5.73 Å². The van der Waals surface area contributed by atoms with Gasteiger partial charge in [0.15, 0.2) is 0 Å². The minimum Gasteiger partial charge on any atom is -0.481 e. The van der Waals surface area contributed by atoms with Gasteiger partial charge in [-0.15, -0.1) is 5.10 Å². The molecule has 94 heavy (non-hydrogen) atoms. The molecule has 2 aromatic rings. The van der Waals surface area contributed by atoms with Crippen LogP contribution in [0.3, 0.4) is 0 Å². The highest BCUT2D eigenvalue weighted by Gasteiger charge is 2.74. The lowest BCUT2D eigenvalue weighted by atomic mass is 9.34. The van der Waals surface area contributed by atoms with Crippen LogP contribution in [0.1, 0.15) is 218 Å². The Morgan fingerprint density at radius 1 is 0.691 bits per heavy atom. The minimum atomic E-state index is -0.619. The third-order valence-electron chi connectivity index (χ3n) is 30.6. The highest BCUT2D eigenvalue weighted by atomic mass is 16.5. The van der Waals surface area contributed by atoms with Gasteiger partial charge in [-0.3, -0.25) is 9.59 Å². The van der Waals surface area contributed by atoms with Crippen LogP contribution in [-0.4, -0.2) is 121 Å². The zero-order valence-corrected chi connectivity index (χ0v) is 61.2. The number of nitrogens with two attached hydrogens (primary N) is 1. The van der Waals surface area contributed by atoms with Crippen molar-refractivity contribution in [3.05, 3.63) is 59.2 Å². The molecule has 3 heterocycles. The topological polar surface area (TPSA) is 190 Å². The van der Waals surface area contributed by atoms with Crippen LogP contribution in [0.25, 0.3) is 0 Å². The van der Waals surface area contributed by atoms with Crippen LogP contribution in [-0.2, 0) is 44.7 Å². The first-order valence-corrected chi connectivity index (χ1v) is 37.2. The van der Waals surface area contributed by atoms with Crippen LogP contribution in [0.4, 0.5) is 5.95 Å². The van der Waals surface area contributed by atoms with Gasteiger partial charge in [0, 0.05) is 28.3 Å². The zero-order chi connectivity index (χ0) is 68.0. The van der Waals surface area contributed by atoms with Crippen molar-refractivity contribution in [2.75, 3.05) is 66.0 Å². The Morgan fingerprint density at radius 2 is 1.22 bits per heavy atom. The van der Waals surface area contributed by atoms with Gasteiger partial charge in [0.25, 0.3) is 5.95 Å². The van der Waals surface area contributed by atoms with E-state index in [1.54, 1.807) is 10.4 Å². The normalized spacial score (nSPS) is 43.4. The van der Waals surface area contributed by atoms with Crippen LogP contribution in [0.15, 0.2) is 53.6 Å². The molecule has 8 aliphatic carbocycles. The molecule has 0 radical (unpaired) electrons. The van der Waals surface area contributed by atoms with Gasteiger partial charge in [-0.2, -0.15) is 4.80 Å². The number of aldehydes is 1. The second-order valence-corrected chi connectivity index (χ2v) is 35.8. The number of tetrazole rings is 1. The molecule has 10 aliphatic rings. The second-order valence-electron chi connectivity index (χ2n) is 35.8. The number of anilines is 1. The molecule has 22 atom stereocenters. The van der Waals surface area contributed by atoms with Crippen LogP contribution in [0.2, 0.25) is 0 Å². The van der Waals surface area contributed by atoms with E-state index in [0.29, 0.717) is 86.3 Å². The number of nitrogen functional groups attached to an aromatic ring is 1. The highest BCUT2D eigenvalue weighted by molar-refractivity contribution is 5.75. The van der Waals surface area contributed by atoms with Crippen molar-refractivity contribution in [3.63, 3.8) is 0 Å². The van der Waals surface area contributed by atoms with Crippen molar-refractivity contribution < 1.29 is 43.2 Å². The SMILES string of the molecule is CC(C)[C@@H](C)[C@@]1(C)CC[C@]2(C)[C@H]3CC[C@@H]4[C@@]5(COC[C@]4(C)[C@@H](OCC=O)[C@H](C)C5)C3=CC[C@@]2(C)[C@@H]1C(=O)OCc1ccccc1.CC(C)[C@@H](C)[C@@]1(C)CC[C@]2(C)[C@H]3CC[C@@H]4[C@@]5(COC[C@]4(C)[C@@H](OCCCCCCN(C)C)[C@H](n4nnc(N)n4)C5)C3=CC[C@@]2(C)[C@@H]1C(=O)O. The number of fused-ring (bicyclic) bond motifs is 6. The molecule has 524 valence electrons. The van der Waals surface area contributed by atoms with E-state index < -0.39 is 11.9 Å². The molecular formula is C79H124N6O9. The first-order chi connectivity index (χ1) is 44.3. The number of nitrogens with zero attached hydrogens (tertiary/aromatic N) is 5. The molecule has 0 amide bonds. The van der Waals surface area contributed by atoms with Gasteiger partial charge in [0.05, 0.1) is 50.5 Å². The van der Waals surface area contributed by atoms with Crippen molar-refractivity contribution in [2.24, 2.45) is 119 Å². The average molecular weight is 1300 g/mol. The fourth-order valence-corrected chi connectivity index (χ4v) is 24.9. The summed E-state index contributed by atoms with van der Waals surface area (Å²) in [6, 6.07) is 10.0. The Hall–Kier alpha value is -4.02. The lowest BCUT2D eigenvalue weighted by Gasteiger charge is -2.71. The van der Waals surface area contributed by atoms with E-state index in [1.165, 1.54) is 18.4 Å². The standard InChI is InChI=1S/C40H58O5.C39H66N6O4/c1-26(2)28(4)36(5)18-19-38(7)30-14-15-32-37(6)24-43-25-40(32,22-27(3)34(37)44-21-20-41)31(30)16-17-39(38,8)33(36)35(42)45-23-29-12-10-9-11-13-29;1-25(2)26(3)35(4)18-19-37(6)27-14-15-30-36(5)23-48-24-39(30,28(27)16-17-38(37,7)31(35)33(46)47)22-29(45-42-34(40)41-43-45)32(36)49-21-13-11-10-12-20-44(8)9/h9-13,16,20,26-28,30,32-34H,14-15,17-19,21-25H2,1-8H3;16,25-27,29-32H,10-15,17-24H2,1-9H3,(H2,40,42)(H,46,47)/t27-,28-,30+,32+,33-,34+,36-,37+,38-,39+,40+;26-,27+,29-,30+,31-,32+,35-,36+,37-,38+,39+/m11/s1. The van der Waals surface area contributed by atoms with Crippen LogP contribution in [0.5, 0.6) is 0 Å². The Bertz CT molecular complexity index is 3110. The molecule has 0 spiro atoms. The predicted octanol–water partition coefficient (Wildman–Crippen LogP) is 15.3.